The summed E-state index contributed by atoms with van der Waals surface area (Å²) in [6.45, 7) is 2.31. The van der Waals surface area contributed by atoms with E-state index in [0.717, 1.165) is 41.8 Å². The molecule has 2 heterocycles. The molecule has 1 aromatic carbocycles. The van der Waals surface area contributed by atoms with E-state index < -0.39 is 5.97 Å². The first kappa shape index (κ1) is 19.4. The van der Waals surface area contributed by atoms with E-state index in [1.165, 1.54) is 6.42 Å². The third kappa shape index (κ3) is 5.07. The number of carbonyl (C=O) groups excluding carboxylic acids is 1. The number of nitrogens with zero attached hydrogens (tertiary/aromatic N) is 2. The number of carboxylic acids is 1. The number of hydrogen-bond acceptors (Lipinski definition) is 4. The topological polar surface area (TPSA) is 82.5 Å². The van der Waals surface area contributed by atoms with Crippen LogP contribution < -0.4 is 10.2 Å². The fraction of sp³-hybridized carbons (Fsp3) is 0.350. The third-order valence-electron chi connectivity index (χ3n) is 4.63. The first-order chi connectivity index (χ1) is 13.0. The fourth-order valence-corrected chi connectivity index (χ4v) is 3.52. The zero-order chi connectivity index (χ0) is 19.2. The minimum Gasteiger partial charge on any atom is -0.478 e. The number of hydrogen-bond donors (Lipinski definition) is 2. The summed E-state index contributed by atoms with van der Waals surface area (Å²) in [5.41, 5.74) is 1.81. The molecule has 0 bridgehead atoms. The first-order valence-corrected chi connectivity index (χ1v) is 9.85. The van der Waals surface area contributed by atoms with Crippen LogP contribution in [0.1, 0.15) is 45.5 Å². The zero-order valence-electron chi connectivity index (χ0n) is 14.9. The van der Waals surface area contributed by atoms with Crippen LogP contribution in [-0.2, 0) is 6.42 Å². The highest BCUT2D eigenvalue weighted by atomic mass is 79.9. The van der Waals surface area contributed by atoms with Gasteiger partial charge in [-0.3, -0.25) is 4.79 Å². The van der Waals surface area contributed by atoms with Gasteiger partial charge in [0.05, 0.1) is 11.1 Å². The van der Waals surface area contributed by atoms with Crippen molar-refractivity contribution in [2.24, 2.45) is 0 Å². The summed E-state index contributed by atoms with van der Waals surface area (Å²) in [6.07, 6.45) is 5.81. The lowest BCUT2D eigenvalue weighted by atomic mass is 10.1. The molecule has 1 fully saturated rings. The summed E-state index contributed by atoms with van der Waals surface area (Å²) >= 11 is 3.40. The molecule has 3 rings (SSSR count). The van der Waals surface area contributed by atoms with Crippen molar-refractivity contribution in [1.82, 2.24) is 10.3 Å². The van der Waals surface area contributed by atoms with E-state index in [0.29, 0.717) is 18.5 Å². The normalized spacial score (nSPS) is 14.0. The number of carboxylic acid groups (broad SMARTS) is 1. The van der Waals surface area contributed by atoms with Crippen molar-refractivity contribution in [2.75, 3.05) is 24.5 Å². The number of carbonyl (C=O) groups is 2. The molecule has 0 unspecified atom stereocenters. The molecule has 6 nitrogen and oxygen atoms in total. The molecule has 0 saturated carbocycles. The van der Waals surface area contributed by atoms with Crippen molar-refractivity contribution < 1.29 is 14.7 Å². The molecule has 2 N–H and O–H groups in total. The van der Waals surface area contributed by atoms with Crippen LogP contribution >= 0.6 is 15.9 Å². The second-order valence-corrected chi connectivity index (χ2v) is 7.50. The number of rotatable bonds is 6. The standard InChI is InChI=1S/C20H22BrN3O3/c21-16-12-17(18(23-13-16)24-10-2-1-3-11-24)19(25)22-9-8-14-4-6-15(7-5-14)20(26)27/h4-7,12-13H,1-3,8-11H2,(H,22,25)(H,26,27). The van der Waals surface area contributed by atoms with Gasteiger partial charge in [-0.05, 0) is 65.4 Å². The van der Waals surface area contributed by atoms with E-state index in [4.69, 9.17) is 5.11 Å². The Labute approximate surface area is 166 Å². The number of piperidine rings is 1. The monoisotopic (exact) mass is 431 g/mol. The van der Waals surface area contributed by atoms with Crippen molar-refractivity contribution in [2.45, 2.75) is 25.7 Å². The number of amides is 1. The Balaban J connectivity index is 1.63. The SMILES string of the molecule is O=C(O)c1ccc(CCNC(=O)c2cc(Br)cnc2N2CCCCC2)cc1. The van der Waals surface area contributed by atoms with Gasteiger partial charge in [0.1, 0.15) is 5.82 Å². The van der Waals surface area contributed by atoms with Crippen LogP contribution in [0.3, 0.4) is 0 Å². The Hall–Kier alpha value is -2.41. The average Bonchev–Trinajstić information content (AvgIpc) is 2.69. The molecular weight excluding hydrogens is 410 g/mol. The molecule has 7 heteroatoms. The van der Waals surface area contributed by atoms with Gasteiger partial charge in [-0.1, -0.05) is 12.1 Å². The quantitative estimate of drug-likeness (QED) is 0.730. The van der Waals surface area contributed by atoms with E-state index in [2.05, 4.69) is 31.1 Å². The van der Waals surface area contributed by atoms with Crippen molar-refractivity contribution in [3.8, 4) is 0 Å². The molecule has 0 aliphatic carbocycles. The van der Waals surface area contributed by atoms with Gasteiger partial charge in [-0.15, -0.1) is 0 Å². The Kier molecular flexibility index (Phi) is 6.45. The highest BCUT2D eigenvalue weighted by molar-refractivity contribution is 9.10. The molecule has 0 atom stereocenters. The largest absolute Gasteiger partial charge is 0.478 e. The summed E-state index contributed by atoms with van der Waals surface area (Å²) in [5.74, 6) is -0.352. The maximum atomic E-state index is 12.7. The Morgan fingerprint density at radius 2 is 1.85 bits per heavy atom. The molecule has 142 valence electrons. The van der Waals surface area contributed by atoms with E-state index in [1.807, 2.05) is 6.07 Å². The highest BCUT2D eigenvalue weighted by Gasteiger charge is 2.20. The van der Waals surface area contributed by atoms with Crippen LogP contribution in [0, 0.1) is 0 Å². The molecule has 27 heavy (non-hydrogen) atoms. The Morgan fingerprint density at radius 1 is 1.15 bits per heavy atom. The summed E-state index contributed by atoms with van der Waals surface area (Å²) < 4.78 is 0.776. The van der Waals surface area contributed by atoms with E-state index in [1.54, 1.807) is 30.5 Å². The number of halogens is 1. The van der Waals surface area contributed by atoms with E-state index >= 15 is 0 Å². The number of anilines is 1. The predicted octanol–water partition coefficient (Wildman–Crippen LogP) is 3.51. The average molecular weight is 432 g/mol. The molecule has 0 radical (unpaired) electrons. The van der Waals surface area contributed by atoms with E-state index in [9.17, 15) is 9.59 Å². The molecule has 0 spiro atoms. The zero-order valence-corrected chi connectivity index (χ0v) is 16.5. The van der Waals surface area contributed by atoms with Gasteiger partial charge in [-0.25, -0.2) is 9.78 Å². The number of aromatic carboxylic acids is 1. The minimum atomic E-state index is -0.942. The van der Waals surface area contributed by atoms with Gasteiger partial charge in [0, 0.05) is 30.3 Å². The van der Waals surface area contributed by atoms with Crippen LogP contribution in [0.25, 0.3) is 0 Å². The van der Waals surface area contributed by atoms with Crippen LogP contribution in [0.15, 0.2) is 41.0 Å². The van der Waals surface area contributed by atoms with Crippen LogP contribution in [-0.4, -0.2) is 41.6 Å². The molecule has 2 aromatic rings. The van der Waals surface area contributed by atoms with Gasteiger partial charge in [-0.2, -0.15) is 0 Å². The molecule has 1 amide bonds. The summed E-state index contributed by atoms with van der Waals surface area (Å²) in [7, 11) is 0. The summed E-state index contributed by atoms with van der Waals surface area (Å²) in [5, 5.41) is 11.9. The van der Waals surface area contributed by atoms with Crippen LogP contribution in [0.5, 0.6) is 0 Å². The number of pyridine rings is 1. The van der Waals surface area contributed by atoms with Crippen molar-refractivity contribution >= 4 is 33.6 Å². The second-order valence-electron chi connectivity index (χ2n) is 6.58. The van der Waals surface area contributed by atoms with Gasteiger partial charge in [0.2, 0.25) is 0 Å². The molecule has 1 aliphatic heterocycles. The maximum absolute atomic E-state index is 12.7. The van der Waals surface area contributed by atoms with Crippen LogP contribution in [0.2, 0.25) is 0 Å². The van der Waals surface area contributed by atoms with Gasteiger partial charge < -0.3 is 15.3 Å². The van der Waals surface area contributed by atoms with E-state index in [-0.39, 0.29) is 11.5 Å². The Morgan fingerprint density at radius 3 is 2.52 bits per heavy atom. The van der Waals surface area contributed by atoms with Crippen molar-refractivity contribution in [1.29, 1.82) is 0 Å². The molecular formula is C20H22BrN3O3. The summed E-state index contributed by atoms with van der Waals surface area (Å²) in [6, 6.07) is 8.51. The molecule has 1 saturated heterocycles. The Bertz CT molecular complexity index is 818. The third-order valence-corrected chi connectivity index (χ3v) is 5.07. The molecule has 1 aliphatic rings. The lowest BCUT2D eigenvalue weighted by Gasteiger charge is -2.29. The second kappa shape index (κ2) is 8.99. The first-order valence-electron chi connectivity index (χ1n) is 9.05. The fourth-order valence-electron chi connectivity index (χ4n) is 3.19. The summed E-state index contributed by atoms with van der Waals surface area (Å²) in [4.78, 5) is 30.3. The number of nitrogens with one attached hydrogen (secondary N) is 1. The van der Waals surface area contributed by atoms with Gasteiger partial charge in [0.25, 0.3) is 5.91 Å². The van der Waals surface area contributed by atoms with Gasteiger partial charge in [0.15, 0.2) is 0 Å². The van der Waals surface area contributed by atoms with Crippen LogP contribution in [0.4, 0.5) is 5.82 Å². The lowest BCUT2D eigenvalue weighted by Crippen LogP contribution is -2.34. The lowest BCUT2D eigenvalue weighted by molar-refractivity contribution is 0.0696. The highest BCUT2D eigenvalue weighted by Crippen LogP contribution is 2.24. The minimum absolute atomic E-state index is 0.147. The number of aromatic nitrogens is 1. The maximum Gasteiger partial charge on any atom is 0.335 e. The van der Waals surface area contributed by atoms with Crippen molar-refractivity contribution in [3.05, 3.63) is 57.7 Å². The predicted molar refractivity (Wildman–Crippen MR) is 107 cm³/mol. The van der Waals surface area contributed by atoms with Gasteiger partial charge >= 0.3 is 5.97 Å². The molecule has 1 aromatic heterocycles. The number of benzene rings is 1. The smallest absolute Gasteiger partial charge is 0.335 e. The van der Waals surface area contributed by atoms with Crippen molar-refractivity contribution in [3.63, 3.8) is 0 Å².